The maximum Gasteiger partial charge on any atom is 0.0314 e. The van der Waals surface area contributed by atoms with E-state index in [-0.39, 0.29) is 0 Å². The molecule has 92 valence electrons. The molecule has 0 spiro atoms. The summed E-state index contributed by atoms with van der Waals surface area (Å²) in [5, 5.41) is 5.56. The number of hydrogen-bond donors (Lipinski definition) is 1. The van der Waals surface area contributed by atoms with Crippen LogP contribution in [-0.4, -0.2) is 13.1 Å². The van der Waals surface area contributed by atoms with Crippen LogP contribution < -0.4 is 5.32 Å². The van der Waals surface area contributed by atoms with Gasteiger partial charge in [0.05, 0.1) is 0 Å². The number of rotatable bonds is 7. The van der Waals surface area contributed by atoms with Crippen molar-refractivity contribution >= 4 is 27.3 Å². The predicted molar refractivity (Wildman–Crippen MR) is 77.3 cm³/mol. The molecule has 0 fully saturated rings. The van der Waals surface area contributed by atoms with E-state index < -0.39 is 0 Å². The van der Waals surface area contributed by atoms with Crippen molar-refractivity contribution in [2.45, 2.75) is 40.0 Å². The Morgan fingerprint density at radius 1 is 1.38 bits per heavy atom. The van der Waals surface area contributed by atoms with Crippen molar-refractivity contribution in [3.05, 3.63) is 20.8 Å². The Balaban J connectivity index is 2.33. The molecular weight excluding hydrogens is 282 g/mol. The Hall–Kier alpha value is 0.140. The maximum atomic E-state index is 3.60. The van der Waals surface area contributed by atoms with Gasteiger partial charge >= 0.3 is 0 Å². The number of nitrogens with one attached hydrogen (secondary N) is 1. The third-order valence-electron chi connectivity index (χ3n) is 2.95. The van der Waals surface area contributed by atoms with E-state index in [9.17, 15) is 0 Å². The highest BCUT2D eigenvalue weighted by Crippen LogP contribution is 2.30. The van der Waals surface area contributed by atoms with Gasteiger partial charge in [-0.3, -0.25) is 0 Å². The number of hydrogen-bond acceptors (Lipinski definition) is 2. The monoisotopic (exact) mass is 303 g/mol. The molecule has 0 saturated heterocycles. The van der Waals surface area contributed by atoms with Gasteiger partial charge in [0.1, 0.15) is 0 Å². The second-order valence-corrected chi connectivity index (χ2v) is 6.81. The Morgan fingerprint density at radius 3 is 2.69 bits per heavy atom. The van der Waals surface area contributed by atoms with Crippen molar-refractivity contribution in [2.24, 2.45) is 5.41 Å². The van der Waals surface area contributed by atoms with Gasteiger partial charge in [0.15, 0.2) is 0 Å². The third-order valence-corrected chi connectivity index (χ3v) is 4.93. The maximum absolute atomic E-state index is 3.60. The molecule has 1 nitrogen and oxygen atoms in total. The van der Waals surface area contributed by atoms with Crippen molar-refractivity contribution in [1.82, 2.24) is 5.32 Å². The third kappa shape index (κ3) is 4.98. The molecule has 1 rings (SSSR count). The van der Waals surface area contributed by atoms with E-state index in [0.717, 1.165) is 13.1 Å². The minimum atomic E-state index is 0.436. The molecule has 0 unspecified atom stereocenters. The van der Waals surface area contributed by atoms with E-state index >= 15 is 0 Å². The largest absolute Gasteiger partial charge is 0.317 e. The average Bonchev–Trinajstić information content (AvgIpc) is 2.62. The molecular formula is C13H22BrNS. The van der Waals surface area contributed by atoms with E-state index in [2.05, 4.69) is 53.5 Å². The lowest BCUT2D eigenvalue weighted by Crippen LogP contribution is -2.22. The summed E-state index contributed by atoms with van der Waals surface area (Å²) in [6.07, 6.45) is 3.71. The first-order valence-electron chi connectivity index (χ1n) is 5.98. The van der Waals surface area contributed by atoms with Gasteiger partial charge in [-0.05, 0) is 65.1 Å². The molecule has 16 heavy (non-hydrogen) atoms. The zero-order chi connectivity index (χ0) is 12.0. The topological polar surface area (TPSA) is 12.0 Å². The van der Waals surface area contributed by atoms with Gasteiger partial charge in [-0.2, -0.15) is 0 Å². The van der Waals surface area contributed by atoms with Gasteiger partial charge < -0.3 is 5.32 Å². The highest BCUT2D eigenvalue weighted by molar-refractivity contribution is 9.10. The molecule has 1 heterocycles. The summed E-state index contributed by atoms with van der Waals surface area (Å²) >= 11 is 5.45. The smallest absolute Gasteiger partial charge is 0.0314 e. The van der Waals surface area contributed by atoms with Gasteiger partial charge in [0, 0.05) is 9.35 Å². The molecule has 0 aliphatic rings. The average molecular weight is 304 g/mol. The summed E-state index contributed by atoms with van der Waals surface area (Å²) in [6, 6.07) is 2.14. The number of thiophene rings is 1. The predicted octanol–water partition coefficient (Wildman–Crippen LogP) is 4.47. The van der Waals surface area contributed by atoms with Crippen LogP contribution in [0, 0.1) is 5.41 Å². The molecule has 0 aliphatic carbocycles. The lowest BCUT2D eigenvalue weighted by molar-refractivity contribution is 0.304. The molecule has 0 aromatic carbocycles. The van der Waals surface area contributed by atoms with E-state index in [1.54, 1.807) is 0 Å². The van der Waals surface area contributed by atoms with Crippen molar-refractivity contribution in [2.75, 3.05) is 13.1 Å². The summed E-state index contributed by atoms with van der Waals surface area (Å²) in [4.78, 5) is 1.48. The first kappa shape index (κ1) is 14.2. The lowest BCUT2D eigenvalue weighted by atomic mass is 9.84. The van der Waals surface area contributed by atoms with E-state index in [1.807, 2.05) is 11.3 Å². The Labute approximate surface area is 112 Å². The minimum absolute atomic E-state index is 0.436. The summed E-state index contributed by atoms with van der Waals surface area (Å²) in [5.74, 6) is 0. The zero-order valence-corrected chi connectivity index (χ0v) is 12.9. The molecule has 1 aromatic rings. The highest BCUT2D eigenvalue weighted by atomic mass is 79.9. The van der Waals surface area contributed by atoms with Crippen LogP contribution in [0.3, 0.4) is 0 Å². The summed E-state index contributed by atoms with van der Waals surface area (Å²) in [5.41, 5.74) is 0.436. The number of aryl methyl sites for hydroxylation is 1. The van der Waals surface area contributed by atoms with Crippen LogP contribution in [0.25, 0.3) is 0 Å². The second kappa shape index (κ2) is 6.77. The Bertz CT molecular complexity index is 307. The quantitative estimate of drug-likeness (QED) is 0.733. The Kier molecular flexibility index (Phi) is 6.01. The van der Waals surface area contributed by atoms with Gasteiger partial charge in [-0.25, -0.2) is 0 Å². The normalized spacial score (nSPS) is 12.0. The molecule has 3 heteroatoms. The number of halogens is 1. The van der Waals surface area contributed by atoms with Crippen molar-refractivity contribution < 1.29 is 0 Å². The fourth-order valence-corrected chi connectivity index (χ4v) is 3.24. The van der Waals surface area contributed by atoms with Gasteiger partial charge in [0.25, 0.3) is 0 Å². The zero-order valence-electron chi connectivity index (χ0n) is 10.5. The van der Waals surface area contributed by atoms with Gasteiger partial charge in [0.2, 0.25) is 0 Å². The molecule has 1 N–H and O–H groups in total. The lowest BCUT2D eigenvalue weighted by Gasteiger charge is -2.24. The molecule has 0 radical (unpaired) electrons. The van der Waals surface area contributed by atoms with Crippen LogP contribution in [0.15, 0.2) is 15.9 Å². The van der Waals surface area contributed by atoms with Crippen LogP contribution in [-0.2, 0) is 6.42 Å². The standard InChI is InChI=1S/C13H22BrNS/c1-4-15-9-8-13(2,3)7-5-12-11(14)6-10-16-12/h6,10,15H,4-5,7-9H2,1-3H3. The van der Waals surface area contributed by atoms with E-state index in [1.165, 1.54) is 28.6 Å². The SMILES string of the molecule is CCNCCC(C)(C)CCc1sccc1Br. The van der Waals surface area contributed by atoms with Crippen LogP contribution in [0.5, 0.6) is 0 Å². The molecule has 0 atom stereocenters. The second-order valence-electron chi connectivity index (χ2n) is 4.96. The van der Waals surface area contributed by atoms with Crippen molar-refractivity contribution in [1.29, 1.82) is 0 Å². The first-order valence-corrected chi connectivity index (χ1v) is 7.65. The van der Waals surface area contributed by atoms with E-state index in [4.69, 9.17) is 0 Å². The summed E-state index contributed by atoms with van der Waals surface area (Å²) < 4.78 is 1.28. The fraction of sp³-hybridized carbons (Fsp3) is 0.692. The first-order chi connectivity index (χ1) is 7.55. The highest BCUT2D eigenvalue weighted by Gasteiger charge is 2.17. The fourth-order valence-electron chi connectivity index (χ4n) is 1.68. The summed E-state index contributed by atoms with van der Waals surface area (Å²) in [7, 11) is 0. The minimum Gasteiger partial charge on any atom is -0.317 e. The summed E-state index contributed by atoms with van der Waals surface area (Å²) in [6.45, 7) is 9.11. The van der Waals surface area contributed by atoms with Crippen LogP contribution in [0.1, 0.15) is 38.5 Å². The van der Waals surface area contributed by atoms with Gasteiger partial charge in [-0.1, -0.05) is 20.8 Å². The molecule has 0 amide bonds. The van der Waals surface area contributed by atoms with Crippen molar-refractivity contribution in [3.8, 4) is 0 Å². The van der Waals surface area contributed by atoms with E-state index in [0.29, 0.717) is 5.41 Å². The Morgan fingerprint density at radius 2 is 2.12 bits per heavy atom. The molecule has 0 saturated carbocycles. The molecule has 1 aromatic heterocycles. The molecule has 0 bridgehead atoms. The molecule has 0 aliphatic heterocycles. The van der Waals surface area contributed by atoms with Gasteiger partial charge in [-0.15, -0.1) is 11.3 Å². The van der Waals surface area contributed by atoms with Crippen LogP contribution in [0.4, 0.5) is 0 Å². The van der Waals surface area contributed by atoms with Crippen LogP contribution >= 0.6 is 27.3 Å². The van der Waals surface area contributed by atoms with Crippen molar-refractivity contribution in [3.63, 3.8) is 0 Å². The van der Waals surface area contributed by atoms with Crippen LogP contribution in [0.2, 0.25) is 0 Å².